The molecule has 1 nitrogen and oxygen atoms in total. The molecule has 0 aliphatic heterocycles. The van der Waals surface area contributed by atoms with Crippen molar-refractivity contribution in [3.63, 3.8) is 0 Å². The standard InChI is InChI=1S/C14H24O/c1-9(2)3-13-12-5-10-4-11(6-12)8-14(13,15)7-10/h9-13,15H,3-8H2,1-2H3. The second-order valence-corrected chi connectivity index (χ2v) is 6.95. The van der Waals surface area contributed by atoms with Crippen molar-refractivity contribution in [1.82, 2.24) is 0 Å². The number of rotatable bonds is 2. The molecule has 1 heteroatoms. The van der Waals surface area contributed by atoms with Gasteiger partial charge >= 0.3 is 0 Å². The summed E-state index contributed by atoms with van der Waals surface area (Å²) in [5, 5.41) is 10.8. The van der Waals surface area contributed by atoms with Crippen LogP contribution in [0.2, 0.25) is 0 Å². The quantitative estimate of drug-likeness (QED) is 0.738. The number of aliphatic hydroxyl groups is 1. The van der Waals surface area contributed by atoms with Gasteiger partial charge in [-0.3, -0.25) is 0 Å². The molecular weight excluding hydrogens is 184 g/mol. The normalized spacial score (nSPS) is 52.8. The molecule has 0 spiro atoms. The first-order chi connectivity index (χ1) is 7.07. The van der Waals surface area contributed by atoms with Crippen LogP contribution < -0.4 is 0 Å². The lowest BCUT2D eigenvalue weighted by molar-refractivity contribution is -0.175. The molecule has 1 N–H and O–H groups in total. The Bertz CT molecular complexity index is 244. The Morgan fingerprint density at radius 2 is 1.73 bits per heavy atom. The maximum atomic E-state index is 10.8. The number of hydrogen-bond acceptors (Lipinski definition) is 1. The Balaban J connectivity index is 1.83. The van der Waals surface area contributed by atoms with Crippen molar-refractivity contribution in [3.05, 3.63) is 0 Å². The molecule has 4 fully saturated rings. The first-order valence-electron chi connectivity index (χ1n) is 6.79. The van der Waals surface area contributed by atoms with Gasteiger partial charge < -0.3 is 5.11 Å². The molecule has 4 bridgehead atoms. The van der Waals surface area contributed by atoms with E-state index < -0.39 is 0 Å². The van der Waals surface area contributed by atoms with E-state index in [2.05, 4.69) is 13.8 Å². The highest BCUT2D eigenvalue weighted by Gasteiger charge is 2.55. The van der Waals surface area contributed by atoms with Crippen molar-refractivity contribution in [1.29, 1.82) is 0 Å². The summed E-state index contributed by atoms with van der Waals surface area (Å²) >= 11 is 0. The van der Waals surface area contributed by atoms with E-state index in [0.717, 1.165) is 36.5 Å². The van der Waals surface area contributed by atoms with E-state index in [-0.39, 0.29) is 5.60 Å². The summed E-state index contributed by atoms with van der Waals surface area (Å²) in [5.41, 5.74) is -0.251. The smallest absolute Gasteiger partial charge is 0.0683 e. The van der Waals surface area contributed by atoms with Crippen LogP contribution in [0.5, 0.6) is 0 Å². The van der Waals surface area contributed by atoms with Gasteiger partial charge in [-0.2, -0.15) is 0 Å². The van der Waals surface area contributed by atoms with Crippen molar-refractivity contribution in [2.75, 3.05) is 0 Å². The third kappa shape index (κ3) is 1.54. The van der Waals surface area contributed by atoms with E-state index in [1.54, 1.807) is 0 Å². The fourth-order valence-corrected chi connectivity index (χ4v) is 5.02. The van der Waals surface area contributed by atoms with Gasteiger partial charge in [0.15, 0.2) is 0 Å². The molecule has 3 unspecified atom stereocenters. The zero-order valence-electron chi connectivity index (χ0n) is 10.1. The van der Waals surface area contributed by atoms with Crippen LogP contribution in [0.15, 0.2) is 0 Å². The van der Waals surface area contributed by atoms with Gasteiger partial charge in [-0.1, -0.05) is 13.8 Å². The molecule has 0 aromatic carbocycles. The average Bonchev–Trinajstić information content (AvgIpc) is 2.09. The van der Waals surface area contributed by atoms with Gasteiger partial charge in [0, 0.05) is 0 Å². The minimum atomic E-state index is -0.251. The van der Waals surface area contributed by atoms with Crippen LogP contribution in [0.25, 0.3) is 0 Å². The van der Waals surface area contributed by atoms with Gasteiger partial charge in [-0.05, 0) is 68.1 Å². The summed E-state index contributed by atoms with van der Waals surface area (Å²) in [5.74, 6) is 3.98. The molecule has 4 saturated carbocycles. The third-order valence-corrected chi connectivity index (χ3v) is 5.21. The highest BCUT2D eigenvalue weighted by molar-refractivity contribution is 5.06. The second-order valence-electron chi connectivity index (χ2n) is 6.95. The minimum absolute atomic E-state index is 0.251. The second kappa shape index (κ2) is 3.23. The maximum absolute atomic E-state index is 10.8. The minimum Gasteiger partial charge on any atom is -0.390 e. The molecule has 4 aliphatic carbocycles. The summed E-state index contributed by atoms with van der Waals surface area (Å²) in [7, 11) is 0. The van der Waals surface area contributed by atoms with E-state index in [1.165, 1.54) is 25.7 Å². The summed E-state index contributed by atoms with van der Waals surface area (Å²) in [6.07, 6.45) is 7.77. The van der Waals surface area contributed by atoms with E-state index in [1.807, 2.05) is 0 Å². The van der Waals surface area contributed by atoms with Crippen LogP contribution in [0.3, 0.4) is 0 Å². The highest BCUT2D eigenvalue weighted by atomic mass is 16.3. The topological polar surface area (TPSA) is 20.2 Å². The summed E-state index contributed by atoms with van der Waals surface area (Å²) < 4.78 is 0. The first kappa shape index (κ1) is 10.1. The Hall–Kier alpha value is -0.0400. The van der Waals surface area contributed by atoms with E-state index >= 15 is 0 Å². The van der Waals surface area contributed by atoms with Gasteiger partial charge in [-0.15, -0.1) is 0 Å². The van der Waals surface area contributed by atoms with Crippen LogP contribution in [0, 0.1) is 29.6 Å². The fourth-order valence-electron chi connectivity index (χ4n) is 5.02. The molecule has 4 rings (SSSR count). The lowest BCUT2D eigenvalue weighted by Crippen LogP contribution is -2.57. The first-order valence-corrected chi connectivity index (χ1v) is 6.79. The van der Waals surface area contributed by atoms with Crippen molar-refractivity contribution < 1.29 is 5.11 Å². The molecule has 3 atom stereocenters. The Kier molecular flexibility index (Phi) is 2.18. The largest absolute Gasteiger partial charge is 0.390 e. The fraction of sp³-hybridized carbons (Fsp3) is 1.00. The summed E-state index contributed by atoms with van der Waals surface area (Å²) in [6.45, 7) is 4.60. The van der Waals surface area contributed by atoms with Crippen molar-refractivity contribution in [2.45, 2.75) is 58.0 Å². The molecule has 0 radical (unpaired) electrons. The average molecular weight is 208 g/mol. The highest BCUT2D eigenvalue weighted by Crippen LogP contribution is 2.59. The van der Waals surface area contributed by atoms with Crippen molar-refractivity contribution in [3.8, 4) is 0 Å². The molecule has 0 aromatic heterocycles. The van der Waals surface area contributed by atoms with E-state index in [4.69, 9.17) is 0 Å². The van der Waals surface area contributed by atoms with Crippen molar-refractivity contribution in [2.24, 2.45) is 29.6 Å². The summed E-state index contributed by atoms with van der Waals surface area (Å²) in [6, 6.07) is 0. The summed E-state index contributed by atoms with van der Waals surface area (Å²) in [4.78, 5) is 0. The SMILES string of the molecule is CC(C)CC1C2CC3CC(C2)CC1(O)C3. The molecular formula is C14H24O. The van der Waals surface area contributed by atoms with Crippen LogP contribution in [-0.2, 0) is 0 Å². The van der Waals surface area contributed by atoms with Gasteiger partial charge in [0.2, 0.25) is 0 Å². The van der Waals surface area contributed by atoms with Crippen LogP contribution in [0.1, 0.15) is 52.4 Å². The molecule has 15 heavy (non-hydrogen) atoms. The number of hydrogen-bond donors (Lipinski definition) is 1. The molecule has 0 amide bonds. The molecule has 0 heterocycles. The van der Waals surface area contributed by atoms with Crippen LogP contribution in [-0.4, -0.2) is 10.7 Å². The van der Waals surface area contributed by atoms with Gasteiger partial charge in [-0.25, -0.2) is 0 Å². The molecule has 0 saturated heterocycles. The third-order valence-electron chi connectivity index (χ3n) is 5.21. The van der Waals surface area contributed by atoms with Gasteiger partial charge in [0.25, 0.3) is 0 Å². The Labute approximate surface area is 93.3 Å². The predicted octanol–water partition coefficient (Wildman–Crippen LogP) is 3.22. The zero-order valence-corrected chi connectivity index (χ0v) is 10.1. The molecule has 4 aliphatic rings. The van der Waals surface area contributed by atoms with E-state index in [0.29, 0.717) is 5.92 Å². The maximum Gasteiger partial charge on any atom is 0.0683 e. The molecule has 86 valence electrons. The predicted molar refractivity (Wildman–Crippen MR) is 61.4 cm³/mol. The Morgan fingerprint density at radius 3 is 2.20 bits per heavy atom. The van der Waals surface area contributed by atoms with Crippen LogP contribution >= 0.6 is 0 Å². The zero-order chi connectivity index (χ0) is 10.6. The van der Waals surface area contributed by atoms with Gasteiger partial charge in [0.1, 0.15) is 0 Å². The monoisotopic (exact) mass is 208 g/mol. The van der Waals surface area contributed by atoms with E-state index in [9.17, 15) is 5.11 Å². The lowest BCUT2D eigenvalue weighted by Gasteiger charge is -2.59. The van der Waals surface area contributed by atoms with Gasteiger partial charge in [0.05, 0.1) is 5.60 Å². The Morgan fingerprint density at radius 1 is 1.13 bits per heavy atom. The van der Waals surface area contributed by atoms with Crippen molar-refractivity contribution >= 4 is 0 Å². The van der Waals surface area contributed by atoms with Crippen LogP contribution in [0.4, 0.5) is 0 Å². The molecule has 0 aromatic rings. The lowest BCUT2D eigenvalue weighted by atomic mass is 9.49.